The van der Waals surface area contributed by atoms with Crippen LogP contribution in [0.1, 0.15) is 28.7 Å². The van der Waals surface area contributed by atoms with Gasteiger partial charge < -0.3 is 14.2 Å². The zero-order chi connectivity index (χ0) is 30.1. The van der Waals surface area contributed by atoms with E-state index in [0.717, 1.165) is 46.1 Å². The Labute approximate surface area is 256 Å². The predicted molar refractivity (Wildman–Crippen MR) is 172 cm³/mol. The average Bonchev–Trinajstić information content (AvgIpc) is 3.33. The van der Waals surface area contributed by atoms with E-state index < -0.39 is 0 Å². The number of pyridine rings is 1. The van der Waals surface area contributed by atoms with Crippen LogP contribution in [0.2, 0.25) is 0 Å². The Morgan fingerprint density at radius 2 is 1.27 bits per heavy atom. The Morgan fingerprint density at radius 3 is 1.93 bits per heavy atom. The molecule has 6 aromatic rings. The number of imidazole rings is 1. The molecule has 222 valence electrons. The van der Waals surface area contributed by atoms with Gasteiger partial charge in [0.05, 0.1) is 17.6 Å². The third-order valence-corrected chi connectivity index (χ3v) is 7.50. The molecule has 7 heteroatoms. The van der Waals surface area contributed by atoms with E-state index in [1.807, 2.05) is 104 Å². The van der Waals surface area contributed by atoms with Crippen molar-refractivity contribution in [3.8, 4) is 17.4 Å². The molecule has 0 radical (unpaired) electrons. The monoisotopic (exact) mass is 585 g/mol. The lowest BCUT2D eigenvalue weighted by Gasteiger charge is -2.14. The number of aromatic nitrogens is 3. The molecule has 2 heterocycles. The Hall–Kier alpha value is -5.14. The van der Waals surface area contributed by atoms with Crippen molar-refractivity contribution in [2.24, 2.45) is 7.05 Å². The summed E-state index contributed by atoms with van der Waals surface area (Å²) in [5.74, 6) is 0.749. The molecule has 6 rings (SSSR count). The van der Waals surface area contributed by atoms with Crippen LogP contribution in [-0.2, 0) is 38.0 Å². The number of rotatable bonds is 13. The first-order chi connectivity index (χ1) is 21.7. The molecular weight excluding hydrogens is 550 g/mol. The molecule has 4 aromatic carbocycles. The van der Waals surface area contributed by atoms with Crippen LogP contribution >= 0.6 is 0 Å². The number of hydrogen-bond donors (Lipinski definition) is 0. The van der Waals surface area contributed by atoms with Crippen molar-refractivity contribution in [3.63, 3.8) is 0 Å². The van der Waals surface area contributed by atoms with E-state index in [2.05, 4.69) is 18.2 Å². The quantitative estimate of drug-likeness (QED) is 0.136. The minimum atomic E-state index is -0.169. The standard InChI is InChI=1S/C37H35N3O4/c1-39-35-31(20-12-24-42-25-28-13-5-2-6-14-28)19-11-21-32(35)40(37(39)41)33-22-23-34(43-26-29-15-7-3-8-16-29)38-36(33)44-27-30-17-9-4-10-18-30/h2-11,13-19,21-23H,12,20,24-27H2,1H3. The predicted octanol–water partition coefficient (Wildman–Crippen LogP) is 7.03. The second-order valence-electron chi connectivity index (χ2n) is 10.6. The van der Waals surface area contributed by atoms with Crippen molar-refractivity contribution < 1.29 is 14.2 Å². The summed E-state index contributed by atoms with van der Waals surface area (Å²) >= 11 is 0. The van der Waals surface area contributed by atoms with Crippen LogP contribution in [0, 0.1) is 0 Å². The normalized spacial score (nSPS) is 11.1. The van der Waals surface area contributed by atoms with E-state index in [9.17, 15) is 4.79 Å². The Balaban J connectivity index is 1.27. The Bertz CT molecular complexity index is 1870. The molecule has 0 bridgehead atoms. The molecule has 0 spiro atoms. The van der Waals surface area contributed by atoms with Crippen molar-refractivity contribution in [3.05, 3.63) is 154 Å². The molecule has 0 atom stereocenters. The van der Waals surface area contributed by atoms with Crippen LogP contribution in [0.4, 0.5) is 0 Å². The highest BCUT2D eigenvalue weighted by molar-refractivity contribution is 5.82. The van der Waals surface area contributed by atoms with Gasteiger partial charge >= 0.3 is 5.69 Å². The fourth-order valence-electron chi connectivity index (χ4n) is 5.29. The van der Waals surface area contributed by atoms with Gasteiger partial charge in [0.15, 0.2) is 0 Å². The van der Waals surface area contributed by atoms with Gasteiger partial charge in [-0.25, -0.2) is 4.79 Å². The second-order valence-corrected chi connectivity index (χ2v) is 10.6. The first kappa shape index (κ1) is 29.0. The molecule has 0 aliphatic heterocycles. The average molecular weight is 586 g/mol. The Kier molecular flexibility index (Phi) is 9.14. The first-order valence-electron chi connectivity index (χ1n) is 14.8. The number of aryl methyl sites for hydroxylation is 2. The van der Waals surface area contributed by atoms with Gasteiger partial charge in [0.2, 0.25) is 11.8 Å². The van der Waals surface area contributed by atoms with Gasteiger partial charge in [-0.15, -0.1) is 0 Å². The topological polar surface area (TPSA) is 67.5 Å². The number of benzene rings is 4. The molecule has 44 heavy (non-hydrogen) atoms. The Morgan fingerprint density at radius 1 is 0.659 bits per heavy atom. The summed E-state index contributed by atoms with van der Waals surface area (Å²) in [6.45, 7) is 1.89. The second kappa shape index (κ2) is 13.9. The van der Waals surface area contributed by atoms with Crippen LogP contribution in [0.3, 0.4) is 0 Å². The van der Waals surface area contributed by atoms with Gasteiger partial charge in [-0.1, -0.05) is 103 Å². The zero-order valence-electron chi connectivity index (χ0n) is 24.8. The van der Waals surface area contributed by atoms with Crippen molar-refractivity contribution in [1.82, 2.24) is 14.1 Å². The van der Waals surface area contributed by atoms with Crippen molar-refractivity contribution in [2.45, 2.75) is 32.7 Å². The summed E-state index contributed by atoms with van der Waals surface area (Å²) in [5, 5.41) is 0. The fraction of sp³-hybridized carbons (Fsp3) is 0.189. The number of ether oxygens (including phenoxy) is 3. The van der Waals surface area contributed by atoms with Gasteiger partial charge in [0, 0.05) is 19.7 Å². The minimum Gasteiger partial charge on any atom is -0.473 e. The maximum Gasteiger partial charge on any atom is 0.333 e. The smallest absolute Gasteiger partial charge is 0.333 e. The highest BCUT2D eigenvalue weighted by Gasteiger charge is 2.20. The summed E-state index contributed by atoms with van der Waals surface area (Å²) in [6.07, 6.45) is 1.62. The molecule has 0 saturated carbocycles. The van der Waals surface area contributed by atoms with Gasteiger partial charge in [-0.05, 0) is 47.2 Å². The van der Waals surface area contributed by atoms with E-state index in [0.29, 0.717) is 43.9 Å². The first-order valence-corrected chi connectivity index (χ1v) is 14.8. The molecule has 0 saturated heterocycles. The molecule has 0 N–H and O–H groups in total. The third-order valence-electron chi connectivity index (χ3n) is 7.50. The van der Waals surface area contributed by atoms with Gasteiger partial charge in [0.25, 0.3) is 0 Å². The number of para-hydroxylation sites is 1. The lowest BCUT2D eigenvalue weighted by Crippen LogP contribution is -2.22. The number of hydrogen-bond acceptors (Lipinski definition) is 5. The SMILES string of the molecule is Cn1c(=O)n(-c2ccc(OCc3ccccc3)nc2OCc2ccccc2)c2cccc(CCCOCc3ccccc3)c21. The maximum atomic E-state index is 13.8. The maximum absolute atomic E-state index is 13.8. The van der Waals surface area contributed by atoms with Crippen molar-refractivity contribution in [2.75, 3.05) is 6.61 Å². The van der Waals surface area contributed by atoms with Crippen LogP contribution in [0.25, 0.3) is 16.7 Å². The van der Waals surface area contributed by atoms with Crippen LogP contribution in [0.5, 0.6) is 11.8 Å². The molecule has 2 aromatic heterocycles. The number of fused-ring (bicyclic) bond motifs is 1. The largest absolute Gasteiger partial charge is 0.473 e. The van der Waals surface area contributed by atoms with E-state index in [1.54, 1.807) is 15.2 Å². The zero-order valence-corrected chi connectivity index (χ0v) is 24.8. The van der Waals surface area contributed by atoms with E-state index in [1.165, 1.54) is 0 Å². The van der Waals surface area contributed by atoms with E-state index in [4.69, 9.17) is 19.2 Å². The third kappa shape index (κ3) is 6.74. The van der Waals surface area contributed by atoms with Crippen LogP contribution in [-0.4, -0.2) is 20.7 Å². The molecule has 0 amide bonds. The summed E-state index contributed by atoms with van der Waals surface area (Å²) in [6, 6.07) is 39.7. The summed E-state index contributed by atoms with van der Waals surface area (Å²) in [7, 11) is 1.81. The number of nitrogens with zero attached hydrogens (tertiary/aromatic N) is 3. The molecule has 7 nitrogen and oxygen atoms in total. The van der Waals surface area contributed by atoms with Crippen molar-refractivity contribution in [1.29, 1.82) is 0 Å². The van der Waals surface area contributed by atoms with Gasteiger partial charge in [0.1, 0.15) is 18.9 Å². The van der Waals surface area contributed by atoms with Crippen LogP contribution < -0.4 is 15.2 Å². The van der Waals surface area contributed by atoms with Crippen LogP contribution in [0.15, 0.2) is 126 Å². The molecule has 0 unspecified atom stereocenters. The van der Waals surface area contributed by atoms with E-state index in [-0.39, 0.29) is 5.69 Å². The molecular formula is C37H35N3O4. The van der Waals surface area contributed by atoms with E-state index >= 15 is 0 Å². The fourth-order valence-corrected chi connectivity index (χ4v) is 5.29. The highest BCUT2D eigenvalue weighted by atomic mass is 16.5. The minimum absolute atomic E-state index is 0.169. The molecule has 0 aliphatic carbocycles. The molecule has 0 fully saturated rings. The lowest BCUT2D eigenvalue weighted by molar-refractivity contribution is 0.119. The summed E-state index contributed by atoms with van der Waals surface area (Å²) < 4.78 is 21.6. The van der Waals surface area contributed by atoms with Gasteiger partial charge in [-0.3, -0.25) is 9.13 Å². The lowest BCUT2D eigenvalue weighted by atomic mass is 10.1. The summed E-state index contributed by atoms with van der Waals surface area (Å²) in [5.41, 5.74) is 6.36. The van der Waals surface area contributed by atoms with Crippen molar-refractivity contribution >= 4 is 11.0 Å². The summed E-state index contributed by atoms with van der Waals surface area (Å²) in [4.78, 5) is 18.5. The highest BCUT2D eigenvalue weighted by Crippen LogP contribution is 2.29. The molecule has 0 aliphatic rings. The van der Waals surface area contributed by atoms with Gasteiger partial charge in [-0.2, -0.15) is 4.98 Å².